The van der Waals surface area contributed by atoms with Crippen LogP contribution in [0.5, 0.6) is 0 Å². The summed E-state index contributed by atoms with van der Waals surface area (Å²) in [6.45, 7) is 2.22. The molecule has 0 aromatic heterocycles. The third-order valence-electron chi connectivity index (χ3n) is 3.36. The van der Waals surface area contributed by atoms with E-state index in [0.717, 1.165) is 0 Å². The second-order valence-electron chi connectivity index (χ2n) is 4.31. The van der Waals surface area contributed by atoms with Gasteiger partial charge < -0.3 is 0 Å². The molecule has 1 aliphatic carbocycles. The van der Waals surface area contributed by atoms with Gasteiger partial charge in [-0.05, 0) is 19.3 Å². The molecule has 1 unspecified atom stereocenters. The van der Waals surface area contributed by atoms with E-state index in [2.05, 4.69) is 17.9 Å². The van der Waals surface area contributed by atoms with Crippen LogP contribution in [0.1, 0.15) is 45.4 Å². The molecule has 14 heavy (non-hydrogen) atoms. The lowest BCUT2D eigenvalue weighted by atomic mass is 10.0. The lowest BCUT2D eigenvalue weighted by Gasteiger charge is -2.21. The van der Waals surface area contributed by atoms with E-state index in [-0.39, 0.29) is 5.54 Å². The summed E-state index contributed by atoms with van der Waals surface area (Å²) in [5.41, 5.74) is 6.35. The SMILES string of the molecule is CCCCCC1NNN(ON)C12CC2. The predicted octanol–water partition coefficient (Wildman–Crippen LogP) is 0.598. The second kappa shape index (κ2) is 4.12. The Kier molecular flexibility index (Phi) is 3.04. The van der Waals surface area contributed by atoms with Gasteiger partial charge in [-0.3, -0.25) is 0 Å². The molecular weight excluding hydrogens is 180 g/mol. The topological polar surface area (TPSA) is 62.5 Å². The van der Waals surface area contributed by atoms with Gasteiger partial charge in [0.05, 0.1) is 5.54 Å². The van der Waals surface area contributed by atoms with E-state index < -0.39 is 0 Å². The molecule has 1 aliphatic heterocycles. The number of hydrogen-bond donors (Lipinski definition) is 3. The fourth-order valence-electron chi connectivity index (χ4n) is 2.27. The number of hydrazine groups is 2. The number of hydrogen-bond acceptors (Lipinski definition) is 5. The van der Waals surface area contributed by atoms with Gasteiger partial charge in [-0.1, -0.05) is 31.4 Å². The molecule has 2 aliphatic rings. The van der Waals surface area contributed by atoms with E-state index in [9.17, 15) is 0 Å². The quantitative estimate of drug-likeness (QED) is 0.448. The maximum Gasteiger partial charge on any atom is 0.0823 e. The van der Waals surface area contributed by atoms with Gasteiger partial charge in [0, 0.05) is 6.04 Å². The van der Waals surface area contributed by atoms with Crippen LogP contribution < -0.4 is 16.9 Å². The summed E-state index contributed by atoms with van der Waals surface area (Å²) in [6, 6.07) is 0.484. The Morgan fingerprint density at radius 3 is 2.86 bits per heavy atom. The number of rotatable bonds is 5. The van der Waals surface area contributed by atoms with Crippen molar-refractivity contribution in [1.29, 1.82) is 0 Å². The van der Waals surface area contributed by atoms with Gasteiger partial charge in [0.1, 0.15) is 0 Å². The maximum absolute atomic E-state index is 5.19. The fourth-order valence-corrected chi connectivity index (χ4v) is 2.27. The Morgan fingerprint density at radius 1 is 1.50 bits per heavy atom. The van der Waals surface area contributed by atoms with Crippen molar-refractivity contribution in [3.63, 3.8) is 0 Å². The van der Waals surface area contributed by atoms with Gasteiger partial charge in [-0.15, -0.1) is 0 Å². The van der Waals surface area contributed by atoms with Crippen molar-refractivity contribution in [3.8, 4) is 0 Å². The first kappa shape index (κ1) is 10.3. The van der Waals surface area contributed by atoms with Crippen LogP contribution in [0.2, 0.25) is 0 Å². The molecule has 1 saturated carbocycles. The van der Waals surface area contributed by atoms with Gasteiger partial charge in [-0.25, -0.2) is 5.43 Å². The summed E-state index contributed by atoms with van der Waals surface area (Å²) < 4.78 is 0. The first-order valence-corrected chi connectivity index (χ1v) is 5.52. The molecule has 0 aromatic carbocycles. The van der Waals surface area contributed by atoms with E-state index in [1.165, 1.54) is 38.5 Å². The van der Waals surface area contributed by atoms with Crippen molar-refractivity contribution >= 4 is 0 Å². The highest BCUT2D eigenvalue weighted by atomic mass is 16.8. The molecule has 1 spiro atoms. The Labute approximate surface area is 84.8 Å². The highest BCUT2D eigenvalue weighted by molar-refractivity contribution is 5.10. The molecule has 0 aromatic rings. The first-order valence-electron chi connectivity index (χ1n) is 5.52. The maximum atomic E-state index is 5.19. The molecule has 4 N–H and O–H groups in total. The minimum absolute atomic E-state index is 0.141. The smallest absolute Gasteiger partial charge is 0.0823 e. The Morgan fingerprint density at radius 2 is 2.29 bits per heavy atom. The highest BCUT2D eigenvalue weighted by Crippen LogP contribution is 2.47. The summed E-state index contributed by atoms with van der Waals surface area (Å²) in [6.07, 6.45) is 7.38. The normalized spacial score (nSPS) is 30.0. The lowest BCUT2D eigenvalue weighted by Crippen LogP contribution is -2.43. The van der Waals surface area contributed by atoms with Gasteiger partial charge in [0.15, 0.2) is 0 Å². The molecule has 1 saturated heterocycles. The first-order chi connectivity index (χ1) is 6.83. The largest absolute Gasteiger partial charge is 0.237 e. The van der Waals surface area contributed by atoms with E-state index in [4.69, 9.17) is 10.8 Å². The molecule has 0 amide bonds. The number of nitrogens with one attached hydrogen (secondary N) is 2. The molecule has 2 fully saturated rings. The minimum Gasteiger partial charge on any atom is -0.237 e. The summed E-state index contributed by atoms with van der Waals surface area (Å²) in [5, 5.41) is 1.67. The summed E-state index contributed by atoms with van der Waals surface area (Å²) in [7, 11) is 0. The van der Waals surface area contributed by atoms with Crippen LogP contribution in [0.25, 0.3) is 0 Å². The molecule has 82 valence electrons. The van der Waals surface area contributed by atoms with E-state index in [1.807, 2.05) is 0 Å². The third-order valence-corrected chi connectivity index (χ3v) is 3.36. The van der Waals surface area contributed by atoms with Gasteiger partial charge in [0.2, 0.25) is 0 Å². The molecular formula is C9H20N4O. The van der Waals surface area contributed by atoms with Crippen LogP contribution in [0.3, 0.4) is 0 Å². The summed E-state index contributed by atoms with van der Waals surface area (Å²) >= 11 is 0. The van der Waals surface area contributed by atoms with Gasteiger partial charge >= 0.3 is 0 Å². The van der Waals surface area contributed by atoms with Crippen LogP contribution in [0.15, 0.2) is 0 Å². The zero-order chi connectivity index (χ0) is 10.0. The molecule has 1 atom stereocenters. The monoisotopic (exact) mass is 200 g/mol. The van der Waals surface area contributed by atoms with Crippen molar-refractivity contribution in [2.75, 3.05) is 0 Å². The zero-order valence-electron chi connectivity index (χ0n) is 8.75. The standard InChI is InChI=1S/C9H20N4O/c1-2-3-4-5-8-9(6-7-9)13(14-10)12-11-8/h8,11-12H,2-7,10H2,1H3. The van der Waals surface area contributed by atoms with Crippen molar-refractivity contribution in [2.24, 2.45) is 5.90 Å². The van der Waals surface area contributed by atoms with Gasteiger partial charge in [0.25, 0.3) is 0 Å². The van der Waals surface area contributed by atoms with E-state index in [0.29, 0.717) is 6.04 Å². The third kappa shape index (κ3) is 1.66. The predicted molar refractivity (Wildman–Crippen MR) is 53.3 cm³/mol. The van der Waals surface area contributed by atoms with Crippen LogP contribution >= 0.6 is 0 Å². The Bertz CT molecular complexity index is 195. The van der Waals surface area contributed by atoms with Crippen LogP contribution in [-0.2, 0) is 4.94 Å². The van der Waals surface area contributed by atoms with Crippen molar-refractivity contribution in [2.45, 2.75) is 57.0 Å². The lowest BCUT2D eigenvalue weighted by molar-refractivity contribution is -0.218. The minimum atomic E-state index is 0.141. The van der Waals surface area contributed by atoms with Crippen LogP contribution in [-0.4, -0.2) is 16.8 Å². The highest BCUT2D eigenvalue weighted by Gasteiger charge is 2.59. The fraction of sp³-hybridized carbons (Fsp3) is 1.00. The van der Waals surface area contributed by atoms with Crippen LogP contribution in [0, 0.1) is 0 Å². The Balaban J connectivity index is 1.82. The molecule has 0 radical (unpaired) electrons. The summed E-state index contributed by atoms with van der Waals surface area (Å²) in [4.78, 5) is 4.79. The van der Waals surface area contributed by atoms with Crippen molar-refractivity contribution in [1.82, 2.24) is 16.1 Å². The molecule has 1 heterocycles. The Hall–Kier alpha value is -0.200. The molecule has 5 nitrogen and oxygen atoms in total. The van der Waals surface area contributed by atoms with Crippen LogP contribution in [0.4, 0.5) is 0 Å². The average Bonchev–Trinajstić information content (AvgIpc) is 2.89. The number of nitrogens with zero attached hydrogens (tertiary/aromatic N) is 1. The molecule has 5 heteroatoms. The van der Waals surface area contributed by atoms with Crippen molar-refractivity contribution in [3.05, 3.63) is 0 Å². The molecule has 0 bridgehead atoms. The van der Waals surface area contributed by atoms with E-state index >= 15 is 0 Å². The average molecular weight is 200 g/mol. The van der Waals surface area contributed by atoms with Crippen molar-refractivity contribution < 1.29 is 4.94 Å². The number of unbranched alkanes of at least 4 members (excludes halogenated alkanes) is 2. The second-order valence-corrected chi connectivity index (χ2v) is 4.31. The zero-order valence-corrected chi connectivity index (χ0v) is 8.75. The number of nitrogens with two attached hydrogens (primary N) is 1. The number of hydroxylamine groups is 1. The van der Waals surface area contributed by atoms with Gasteiger partial charge in [-0.2, -0.15) is 16.4 Å². The molecule has 2 rings (SSSR count). The summed E-state index contributed by atoms with van der Waals surface area (Å²) in [5.74, 6) is 5.19. The van der Waals surface area contributed by atoms with E-state index in [1.54, 1.807) is 5.17 Å².